The third-order valence-corrected chi connectivity index (χ3v) is 2.90. The Labute approximate surface area is 81.9 Å². The van der Waals surface area contributed by atoms with Crippen LogP contribution < -0.4 is 0 Å². The highest BCUT2D eigenvalue weighted by Gasteiger charge is 2.07. The Balaban J connectivity index is 2.04. The van der Waals surface area contributed by atoms with Crippen molar-refractivity contribution in [3.63, 3.8) is 0 Å². The summed E-state index contributed by atoms with van der Waals surface area (Å²) < 4.78 is 0. The molecule has 0 N–H and O–H groups in total. The van der Waals surface area contributed by atoms with Crippen molar-refractivity contribution in [2.75, 3.05) is 25.4 Å². The molecule has 0 atom stereocenters. The zero-order valence-electron chi connectivity index (χ0n) is 7.97. The maximum absolute atomic E-state index is 4.22. The van der Waals surface area contributed by atoms with Crippen LogP contribution in [0.5, 0.6) is 0 Å². The first-order valence-electron chi connectivity index (χ1n) is 5.26. The second-order valence-corrected chi connectivity index (χ2v) is 4.13. The standard InChI is InChI=1S/C10H21NS/c12-10-6-5-9-11-7-3-1-2-4-8-11/h12H,1-10H2. The van der Waals surface area contributed by atoms with E-state index in [1.807, 2.05) is 0 Å². The average Bonchev–Trinajstić information content (AvgIpc) is 2.33. The van der Waals surface area contributed by atoms with Gasteiger partial charge in [-0.25, -0.2) is 0 Å². The van der Waals surface area contributed by atoms with Gasteiger partial charge in [0.1, 0.15) is 0 Å². The molecule has 0 aromatic rings. The van der Waals surface area contributed by atoms with Crippen LogP contribution in [0.4, 0.5) is 0 Å². The number of rotatable bonds is 4. The van der Waals surface area contributed by atoms with E-state index in [1.165, 1.54) is 58.2 Å². The lowest BCUT2D eigenvalue weighted by atomic mass is 10.2. The maximum Gasteiger partial charge on any atom is -0.00184 e. The molecule has 0 aromatic heterocycles. The van der Waals surface area contributed by atoms with Crippen molar-refractivity contribution < 1.29 is 0 Å². The minimum absolute atomic E-state index is 1.05. The molecule has 1 aliphatic heterocycles. The summed E-state index contributed by atoms with van der Waals surface area (Å²) in [5.41, 5.74) is 0. The number of nitrogens with zero attached hydrogens (tertiary/aromatic N) is 1. The van der Waals surface area contributed by atoms with Gasteiger partial charge in [-0.2, -0.15) is 12.6 Å². The van der Waals surface area contributed by atoms with E-state index in [2.05, 4.69) is 17.5 Å². The van der Waals surface area contributed by atoms with E-state index in [1.54, 1.807) is 0 Å². The third kappa shape index (κ3) is 4.36. The van der Waals surface area contributed by atoms with Crippen molar-refractivity contribution in [3.05, 3.63) is 0 Å². The van der Waals surface area contributed by atoms with Gasteiger partial charge in [0, 0.05) is 0 Å². The van der Waals surface area contributed by atoms with E-state index in [-0.39, 0.29) is 0 Å². The van der Waals surface area contributed by atoms with E-state index in [9.17, 15) is 0 Å². The second-order valence-electron chi connectivity index (χ2n) is 3.69. The Hall–Kier alpha value is 0.310. The normalized spacial score (nSPS) is 20.8. The molecular weight excluding hydrogens is 166 g/mol. The van der Waals surface area contributed by atoms with Gasteiger partial charge in [-0.1, -0.05) is 12.8 Å². The van der Waals surface area contributed by atoms with Crippen LogP contribution in [0.15, 0.2) is 0 Å². The highest BCUT2D eigenvalue weighted by atomic mass is 32.1. The van der Waals surface area contributed by atoms with Crippen LogP contribution >= 0.6 is 12.6 Å². The highest BCUT2D eigenvalue weighted by molar-refractivity contribution is 7.80. The van der Waals surface area contributed by atoms with Gasteiger partial charge in [0.25, 0.3) is 0 Å². The molecule has 1 nitrogen and oxygen atoms in total. The van der Waals surface area contributed by atoms with Crippen LogP contribution in [0.1, 0.15) is 38.5 Å². The topological polar surface area (TPSA) is 3.24 Å². The molecule has 72 valence electrons. The first-order valence-corrected chi connectivity index (χ1v) is 5.90. The predicted octanol–water partition coefficient (Wildman–Crippen LogP) is 2.57. The van der Waals surface area contributed by atoms with Crippen LogP contribution in [0.3, 0.4) is 0 Å². The van der Waals surface area contributed by atoms with Gasteiger partial charge in [-0.3, -0.25) is 0 Å². The number of hydrogen-bond donors (Lipinski definition) is 1. The molecule has 0 bridgehead atoms. The Bertz CT molecular complexity index is 98.0. The van der Waals surface area contributed by atoms with E-state index in [0.717, 1.165) is 5.75 Å². The molecular formula is C10H21NS. The maximum atomic E-state index is 4.22. The number of likely N-dealkylation sites (tertiary alicyclic amines) is 1. The van der Waals surface area contributed by atoms with Gasteiger partial charge in [0.15, 0.2) is 0 Å². The molecule has 0 radical (unpaired) electrons. The van der Waals surface area contributed by atoms with Crippen molar-refractivity contribution in [1.82, 2.24) is 4.90 Å². The van der Waals surface area contributed by atoms with Gasteiger partial charge < -0.3 is 4.90 Å². The molecule has 0 spiro atoms. The third-order valence-electron chi connectivity index (χ3n) is 2.58. The minimum atomic E-state index is 1.05. The van der Waals surface area contributed by atoms with Gasteiger partial charge in [-0.15, -0.1) is 0 Å². The summed E-state index contributed by atoms with van der Waals surface area (Å²) in [4.78, 5) is 2.62. The molecule has 1 rings (SSSR count). The summed E-state index contributed by atoms with van der Waals surface area (Å²) in [6, 6.07) is 0. The van der Waals surface area contributed by atoms with Crippen LogP contribution in [-0.4, -0.2) is 30.3 Å². The van der Waals surface area contributed by atoms with Crippen molar-refractivity contribution in [3.8, 4) is 0 Å². The number of hydrogen-bond acceptors (Lipinski definition) is 2. The zero-order valence-corrected chi connectivity index (χ0v) is 8.86. The fraction of sp³-hybridized carbons (Fsp3) is 1.00. The lowest BCUT2D eigenvalue weighted by Crippen LogP contribution is -2.25. The Morgan fingerprint density at radius 1 is 0.917 bits per heavy atom. The number of thiol groups is 1. The van der Waals surface area contributed by atoms with Crippen LogP contribution in [0, 0.1) is 0 Å². The van der Waals surface area contributed by atoms with Crippen molar-refractivity contribution in [2.24, 2.45) is 0 Å². The summed E-state index contributed by atoms with van der Waals surface area (Å²) >= 11 is 4.22. The van der Waals surface area contributed by atoms with Gasteiger partial charge in [0.05, 0.1) is 0 Å². The Kier molecular flexibility index (Phi) is 5.88. The van der Waals surface area contributed by atoms with E-state index in [0.29, 0.717) is 0 Å². The molecule has 12 heavy (non-hydrogen) atoms. The summed E-state index contributed by atoms with van der Waals surface area (Å²) in [7, 11) is 0. The molecule has 0 saturated carbocycles. The van der Waals surface area contributed by atoms with Crippen LogP contribution in [0.2, 0.25) is 0 Å². The van der Waals surface area contributed by atoms with Crippen LogP contribution in [0.25, 0.3) is 0 Å². The quantitative estimate of drug-likeness (QED) is 0.523. The first kappa shape index (κ1) is 10.4. The summed E-state index contributed by atoms with van der Waals surface area (Å²) in [6.45, 7) is 3.99. The number of unbranched alkanes of at least 4 members (excludes halogenated alkanes) is 1. The lowest BCUT2D eigenvalue weighted by molar-refractivity contribution is 0.281. The molecule has 2 heteroatoms. The molecule has 0 aliphatic carbocycles. The molecule has 1 aliphatic rings. The molecule has 0 amide bonds. The van der Waals surface area contributed by atoms with Gasteiger partial charge >= 0.3 is 0 Å². The monoisotopic (exact) mass is 187 g/mol. The highest BCUT2D eigenvalue weighted by Crippen LogP contribution is 2.10. The smallest absolute Gasteiger partial charge is 0.00184 e. The lowest BCUT2D eigenvalue weighted by Gasteiger charge is -2.18. The van der Waals surface area contributed by atoms with E-state index >= 15 is 0 Å². The summed E-state index contributed by atoms with van der Waals surface area (Å²) in [6.07, 6.45) is 8.34. The first-order chi connectivity index (χ1) is 5.93. The molecule has 0 unspecified atom stereocenters. The van der Waals surface area contributed by atoms with Gasteiger partial charge in [-0.05, 0) is 51.1 Å². The SMILES string of the molecule is SCCCCN1CCCCCC1. The molecule has 1 heterocycles. The van der Waals surface area contributed by atoms with Crippen molar-refractivity contribution in [2.45, 2.75) is 38.5 Å². The van der Waals surface area contributed by atoms with E-state index < -0.39 is 0 Å². The predicted molar refractivity (Wildman–Crippen MR) is 58.0 cm³/mol. The zero-order chi connectivity index (χ0) is 8.65. The molecule has 0 aromatic carbocycles. The average molecular weight is 187 g/mol. The fourth-order valence-corrected chi connectivity index (χ4v) is 2.03. The minimum Gasteiger partial charge on any atom is -0.303 e. The molecule has 1 fully saturated rings. The van der Waals surface area contributed by atoms with Crippen molar-refractivity contribution in [1.29, 1.82) is 0 Å². The fourth-order valence-electron chi connectivity index (χ4n) is 1.81. The largest absolute Gasteiger partial charge is 0.303 e. The van der Waals surface area contributed by atoms with Gasteiger partial charge in [0.2, 0.25) is 0 Å². The second kappa shape index (κ2) is 6.79. The Morgan fingerprint density at radius 2 is 1.58 bits per heavy atom. The van der Waals surface area contributed by atoms with Crippen molar-refractivity contribution >= 4 is 12.6 Å². The summed E-state index contributed by atoms with van der Waals surface area (Å²) in [5.74, 6) is 1.05. The van der Waals surface area contributed by atoms with Crippen LogP contribution in [-0.2, 0) is 0 Å². The Morgan fingerprint density at radius 3 is 2.17 bits per heavy atom. The van der Waals surface area contributed by atoms with E-state index in [4.69, 9.17) is 0 Å². The summed E-state index contributed by atoms with van der Waals surface area (Å²) in [5, 5.41) is 0. The molecule has 1 saturated heterocycles.